The first kappa shape index (κ1) is 33.6. The van der Waals surface area contributed by atoms with E-state index in [0.717, 1.165) is 44.5 Å². The predicted molar refractivity (Wildman–Crippen MR) is 250 cm³/mol. The van der Waals surface area contributed by atoms with Crippen molar-refractivity contribution in [2.24, 2.45) is 0 Å². The molecular weight excluding hydrogens is 737 g/mol. The standard InChI is InChI=1S/C55H34N2OS/c1-4-11-35(12-5-1)39-15-10-18-44(32-39)57(43-16-8-3-9-17-43)45-26-30-51-48(34-45)47-33-41(25-29-50(47)59-51)40-23-27-46-42(31-40)22-21-36-19-20-37-24-28-49-54(53(37)52(36)46)58-55(56-49)38-13-6-2-7-14-38/h1-34H. The van der Waals surface area contributed by atoms with E-state index in [4.69, 9.17) is 9.40 Å². The van der Waals surface area contributed by atoms with Gasteiger partial charge in [0.05, 0.1) is 0 Å². The second kappa shape index (κ2) is 13.6. The van der Waals surface area contributed by atoms with Crippen molar-refractivity contribution in [2.75, 3.05) is 4.90 Å². The Bertz CT molecular complexity index is 3550. The van der Waals surface area contributed by atoms with Gasteiger partial charge in [-0.1, -0.05) is 127 Å². The molecule has 2 heterocycles. The topological polar surface area (TPSA) is 29.3 Å². The Balaban J connectivity index is 0.978. The summed E-state index contributed by atoms with van der Waals surface area (Å²) in [5.74, 6) is 0.640. The van der Waals surface area contributed by atoms with Crippen molar-refractivity contribution in [3.63, 3.8) is 0 Å². The van der Waals surface area contributed by atoms with E-state index >= 15 is 0 Å². The van der Waals surface area contributed by atoms with Gasteiger partial charge in [-0.3, -0.25) is 0 Å². The molecule has 0 fully saturated rings. The van der Waals surface area contributed by atoms with Gasteiger partial charge < -0.3 is 9.32 Å². The summed E-state index contributed by atoms with van der Waals surface area (Å²) in [7, 11) is 0. The Morgan fingerprint density at radius 3 is 1.75 bits per heavy atom. The number of anilines is 3. The van der Waals surface area contributed by atoms with Gasteiger partial charge in [-0.2, -0.15) is 0 Å². The minimum Gasteiger partial charge on any atom is -0.435 e. The van der Waals surface area contributed by atoms with Crippen LogP contribution in [-0.4, -0.2) is 4.98 Å². The molecule has 3 nitrogen and oxygen atoms in total. The highest BCUT2D eigenvalue weighted by Crippen LogP contribution is 2.44. The molecule has 0 aliphatic rings. The normalized spacial score (nSPS) is 11.7. The number of fused-ring (bicyclic) bond motifs is 10. The number of hydrogen-bond acceptors (Lipinski definition) is 4. The van der Waals surface area contributed by atoms with E-state index in [1.807, 2.05) is 41.7 Å². The molecule has 0 atom stereocenters. The lowest BCUT2D eigenvalue weighted by atomic mass is 9.93. The highest BCUT2D eigenvalue weighted by molar-refractivity contribution is 7.25. The highest BCUT2D eigenvalue weighted by atomic mass is 32.1. The van der Waals surface area contributed by atoms with Crippen LogP contribution in [0.15, 0.2) is 211 Å². The molecule has 0 amide bonds. The van der Waals surface area contributed by atoms with E-state index in [0.29, 0.717) is 5.89 Å². The monoisotopic (exact) mass is 770 g/mol. The van der Waals surface area contributed by atoms with Gasteiger partial charge in [0.15, 0.2) is 5.58 Å². The summed E-state index contributed by atoms with van der Waals surface area (Å²) >= 11 is 1.85. The summed E-state index contributed by atoms with van der Waals surface area (Å²) in [5.41, 5.74) is 10.8. The first-order chi connectivity index (χ1) is 29.2. The van der Waals surface area contributed by atoms with Crippen LogP contribution in [0.1, 0.15) is 0 Å². The van der Waals surface area contributed by atoms with Crippen molar-refractivity contribution >= 4 is 92.0 Å². The van der Waals surface area contributed by atoms with Crippen LogP contribution < -0.4 is 4.90 Å². The molecule has 4 heteroatoms. The number of para-hydroxylation sites is 1. The summed E-state index contributed by atoms with van der Waals surface area (Å²) < 4.78 is 9.13. The lowest BCUT2D eigenvalue weighted by Gasteiger charge is -2.26. The van der Waals surface area contributed by atoms with Crippen molar-refractivity contribution in [1.82, 2.24) is 4.98 Å². The molecule has 10 aromatic carbocycles. The number of oxazole rings is 1. The van der Waals surface area contributed by atoms with Gasteiger partial charge in [0, 0.05) is 53.6 Å². The Morgan fingerprint density at radius 1 is 0.373 bits per heavy atom. The number of hydrogen-bond donors (Lipinski definition) is 0. The molecule has 0 aliphatic heterocycles. The van der Waals surface area contributed by atoms with Gasteiger partial charge in [-0.25, -0.2) is 4.98 Å². The van der Waals surface area contributed by atoms with Crippen LogP contribution >= 0.6 is 11.3 Å². The third-order valence-corrected chi connectivity index (χ3v) is 12.8. The van der Waals surface area contributed by atoms with Crippen molar-refractivity contribution in [3.8, 4) is 33.7 Å². The largest absolute Gasteiger partial charge is 0.435 e. The lowest BCUT2D eigenvalue weighted by molar-refractivity contribution is 0.623. The molecule has 0 unspecified atom stereocenters. The van der Waals surface area contributed by atoms with Gasteiger partial charge in [0.2, 0.25) is 5.89 Å². The number of benzene rings is 10. The third kappa shape index (κ3) is 5.68. The summed E-state index contributed by atoms with van der Waals surface area (Å²) in [6.07, 6.45) is 0. The van der Waals surface area contributed by atoms with Crippen LogP contribution in [0, 0.1) is 0 Å². The maximum atomic E-state index is 6.57. The molecule has 0 aliphatic carbocycles. The van der Waals surface area contributed by atoms with Gasteiger partial charge in [0.1, 0.15) is 5.52 Å². The first-order valence-electron chi connectivity index (χ1n) is 19.9. The Kier molecular flexibility index (Phi) is 7.72. The molecule has 59 heavy (non-hydrogen) atoms. The average molecular weight is 771 g/mol. The van der Waals surface area contributed by atoms with Crippen molar-refractivity contribution in [2.45, 2.75) is 0 Å². The van der Waals surface area contributed by atoms with Crippen LogP contribution in [0.5, 0.6) is 0 Å². The molecule has 0 bridgehead atoms. The molecule has 2 aromatic heterocycles. The molecule has 0 saturated carbocycles. The van der Waals surface area contributed by atoms with Crippen LogP contribution in [0.3, 0.4) is 0 Å². The van der Waals surface area contributed by atoms with Gasteiger partial charge in [0.25, 0.3) is 0 Å². The van der Waals surface area contributed by atoms with Gasteiger partial charge in [-0.15, -0.1) is 11.3 Å². The summed E-state index contributed by atoms with van der Waals surface area (Å²) in [5, 5.41) is 9.53. The van der Waals surface area contributed by atoms with E-state index in [2.05, 4.69) is 181 Å². The van der Waals surface area contributed by atoms with Crippen molar-refractivity contribution in [3.05, 3.63) is 206 Å². The van der Waals surface area contributed by atoms with E-state index in [9.17, 15) is 0 Å². The Hall–Kier alpha value is -7.53. The van der Waals surface area contributed by atoms with Crippen LogP contribution in [0.25, 0.3) is 97.3 Å². The second-order valence-corrected chi connectivity index (χ2v) is 16.2. The number of aromatic nitrogens is 1. The maximum Gasteiger partial charge on any atom is 0.227 e. The van der Waals surface area contributed by atoms with Gasteiger partial charge in [-0.05, 0) is 123 Å². The smallest absolute Gasteiger partial charge is 0.227 e. The average Bonchev–Trinajstić information content (AvgIpc) is 3.91. The zero-order valence-electron chi connectivity index (χ0n) is 31.8. The highest BCUT2D eigenvalue weighted by Gasteiger charge is 2.18. The van der Waals surface area contributed by atoms with Gasteiger partial charge >= 0.3 is 0 Å². The van der Waals surface area contributed by atoms with E-state index < -0.39 is 0 Å². The summed E-state index contributed by atoms with van der Waals surface area (Å²) in [6.45, 7) is 0. The first-order valence-corrected chi connectivity index (χ1v) is 20.8. The molecule has 276 valence electrons. The fraction of sp³-hybridized carbons (Fsp3) is 0. The van der Waals surface area contributed by atoms with E-state index in [-0.39, 0.29) is 0 Å². The summed E-state index contributed by atoms with van der Waals surface area (Å²) in [4.78, 5) is 7.27. The van der Waals surface area contributed by atoms with E-state index in [1.165, 1.54) is 64.0 Å². The SMILES string of the molecule is c1ccc(-c2cccc(N(c3ccccc3)c3ccc4sc5ccc(-c6ccc7c(ccc8ccc9ccc%10nc(-c%11ccccc%11)oc%10c9c87)c6)cc5c4c3)c2)cc1. The third-order valence-electron chi connectivity index (χ3n) is 11.6. The molecule has 0 radical (unpaired) electrons. The molecule has 0 N–H and O–H groups in total. The summed E-state index contributed by atoms with van der Waals surface area (Å²) in [6, 6.07) is 74.1. The quantitative estimate of drug-likeness (QED) is 0.158. The number of nitrogens with zero attached hydrogens (tertiary/aromatic N) is 2. The minimum absolute atomic E-state index is 0.640. The zero-order valence-corrected chi connectivity index (χ0v) is 32.7. The van der Waals surface area contributed by atoms with Crippen molar-refractivity contribution in [1.29, 1.82) is 0 Å². The maximum absolute atomic E-state index is 6.57. The van der Waals surface area contributed by atoms with Crippen molar-refractivity contribution < 1.29 is 4.42 Å². The zero-order chi connectivity index (χ0) is 38.9. The van der Waals surface area contributed by atoms with Crippen LogP contribution in [0.2, 0.25) is 0 Å². The Morgan fingerprint density at radius 2 is 0.949 bits per heavy atom. The molecule has 0 spiro atoms. The minimum atomic E-state index is 0.640. The lowest BCUT2D eigenvalue weighted by Crippen LogP contribution is -2.09. The number of rotatable bonds is 6. The fourth-order valence-electron chi connectivity index (χ4n) is 8.80. The fourth-order valence-corrected chi connectivity index (χ4v) is 9.86. The van der Waals surface area contributed by atoms with Crippen LogP contribution in [0.4, 0.5) is 17.1 Å². The molecule has 12 rings (SSSR count). The molecule has 0 saturated heterocycles. The predicted octanol–water partition coefficient (Wildman–Crippen LogP) is 16.1. The Labute approximate surface area is 344 Å². The molecule has 12 aromatic rings. The van der Waals surface area contributed by atoms with E-state index in [1.54, 1.807) is 0 Å². The van der Waals surface area contributed by atoms with Crippen LogP contribution in [-0.2, 0) is 0 Å². The number of thiophene rings is 1. The molecular formula is C55H34N2OS. The second-order valence-electron chi connectivity index (χ2n) is 15.1.